The van der Waals surface area contributed by atoms with Crippen LogP contribution in [0.5, 0.6) is 5.75 Å². The zero-order valence-corrected chi connectivity index (χ0v) is 18.6. The van der Waals surface area contributed by atoms with Crippen LogP contribution in [0.3, 0.4) is 0 Å². The highest BCUT2D eigenvalue weighted by molar-refractivity contribution is 7.12. The average molecular weight is 452 g/mol. The fraction of sp³-hybridized carbons (Fsp3) is 0.280. The second-order valence-electron chi connectivity index (χ2n) is 7.61. The number of thiophene rings is 1. The SMILES string of the molecule is CCCCCOc1cccc(C2C(C(=O)c3cccs3)=C(O)C(=O)N2Cc2ccco2)c1. The van der Waals surface area contributed by atoms with Crippen molar-refractivity contribution in [3.8, 4) is 5.75 Å². The summed E-state index contributed by atoms with van der Waals surface area (Å²) in [4.78, 5) is 28.2. The van der Waals surface area contributed by atoms with Gasteiger partial charge in [0.15, 0.2) is 5.76 Å². The van der Waals surface area contributed by atoms with Crippen molar-refractivity contribution in [1.29, 1.82) is 0 Å². The second kappa shape index (κ2) is 9.87. The number of furan rings is 1. The lowest BCUT2D eigenvalue weighted by atomic mass is 9.95. The minimum absolute atomic E-state index is 0.0761. The van der Waals surface area contributed by atoms with E-state index >= 15 is 0 Å². The van der Waals surface area contributed by atoms with Crippen LogP contribution in [0.4, 0.5) is 0 Å². The van der Waals surface area contributed by atoms with E-state index in [2.05, 4.69) is 6.92 Å². The van der Waals surface area contributed by atoms with Gasteiger partial charge in [0.05, 0.1) is 35.9 Å². The van der Waals surface area contributed by atoms with Crippen LogP contribution < -0.4 is 4.74 Å². The van der Waals surface area contributed by atoms with E-state index in [0.29, 0.717) is 28.6 Å². The fourth-order valence-electron chi connectivity index (χ4n) is 3.82. The molecule has 2 aromatic heterocycles. The van der Waals surface area contributed by atoms with Crippen LogP contribution in [-0.4, -0.2) is 28.3 Å². The molecule has 7 heteroatoms. The maximum Gasteiger partial charge on any atom is 0.290 e. The molecule has 1 aliphatic rings. The first kappa shape index (κ1) is 21.9. The van der Waals surface area contributed by atoms with Crippen molar-refractivity contribution in [2.45, 2.75) is 38.8 Å². The van der Waals surface area contributed by atoms with Crippen LogP contribution in [0.2, 0.25) is 0 Å². The molecular weight excluding hydrogens is 426 g/mol. The number of aliphatic hydroxyl groups excluding tert-OH is 1. The molecule has 0 saturated carbocycles. The number of amides is 1. The molecule has 1 unspecified atom stereocenters. The normalized spacial score (nSPS) is 16.1. The highest BCUT2D eigenvalue weighted by atomic mass is 32.1. The summed E-state index contributed by atoms with van der Waals surface area (Å²) < 4.78 is 11.3. The maximum absolute atomic E-state index is 13.3. The average Bonchev–Trinajstić information content (AvgIpc) is 3.56. The highest BCUT2D eigenvalue weighted by Gasteiger charge is 2.44. The third-order valence-electron chi connectivity index (χ3n) is 5.39. The zero-order chi connectivity index (χ0) is 22.5. The third kappa shape index (κ3) is 4.48. The van der Waals surface area contributed by atoms with Crippen LogP contribution in [0.1, 0.15) is 53.2 Å². The summed E-state index contributed by atoms with van der Waals surface area (Å²) in [5, 5.41) is 12.5. The summed E-state index contributed by atoms with van der Waals surface area (Å²) in [5.41, 5.74) is 0.772. The third-order valence-corrected chi connectivity index (χ3v) is 6.26. The van der Waals surface area contributed by atoms with Crippen molar-refractivity contribution in [2.24, 2.45) is 0 Å². The molecule has 1 N–H and O–H groups in total. The molecule has 0 bridgehead atoms. The summed E-state index contributed by atoms with van der Waals surface area (Å²) in [6, 6.07) is 13.6. The molecule has 32 heavy (non-hydrogen) atoms. The molecule has 166 valence electrons. The van der Waals surface area contributed by atoms with Crippen LogP contribution in [0.15, 0.2) is 75.9 Å². The van der Waals surface area contributed by atoms with E-state index < -0.39 is 17.7 Å². The Bertz CT molecular complexity index is 1100. The van der Waals surface area contributed by atoms with Gasteiger partial charge in [0.1, 0.15) is 11.5 Å². The summed E-state index contributed by atoms with van der Waals surface area (Å²) in [6.07, 6.45) is 4.67. The van der Waals surface area contributed by atoms with Gasteiger partial charge in [-0.3, -0.25) is 9.59 Å². The quantitative estimate of drug-likeness (QED) is 0.316. The Balaban J connectivity index is 1.70. The van der Waals surface area contributed by atoms with E-state index in [1.165, 1.54) is 22.5 Å². The van der Waals surface area contributed by atoms with Gasteiger partial charge in [-0.1, -0.05) is 38.0 Å². The maximum atomic E-state index is 13.3. The molecule has 1 aromatic carbocycles. The van der Waals surface area contributed by atoms with Gasteiger partial charge in [0.25, 0.3) is 5.91 Å². The Morgan fingerprint density at radius 2 is 2.06 bits per heavy atom. The smallest absolute Gasteiger partial charge is 0.290 e. The number of rotatable bonds is 10. The summed E-state index contributed by atoms with van der Waals surface area (Å²) in [6.45, 7) is 2.86. The molecule has 0 spiro atoms. The number of ketones is 1. The van der Waals surface area contributed by atoms with E-state index in [1.807, 2.05) is 24.3 Å². The molecule has 1 amide bonds. The summed E-state index contributed by atoms with van der Waals surface area (Å²) >= 11 is 1.28. The molecule has 3 heterocycles. The highest BCUT2D eigenvalue weighted by Crippen LogP contribution is 2.41. The molecule has 0 aliphatic carbocycles. The van der Waals surface area contributed by atoms with Crippen LogP contribution in [-0.2, 0) is 11.3 Å². The number of aliphatic hydroxyl groups is 1. The van der Waals surface area contributed by atoms with Gasteiger partial charge in [-0.05, 0) is 47.7 Å². The van der Waals surface area contributed by atoms with E-state index in [-0.39, 0.29) is 17.9 Å². The van der Waals surface area contributed by atoms with Gasteiger partial charge in [-0.25, -0.2) is 0 Å². The number of carbonyl (C=O) groups excluding carboxylic acids is 2. The molecule has 0 radical (unpaired) electrons. The fourth-order valence-corrected chi connectivity index (χ4v) is 4.50. The van der Waals surface area contributed by atoms with E-state index in [0.717, 1.165) is 19.3 Å². The van der Waals surface area contributed by atoms with Gasteiger partial charge in [-0.15, -0.1) is 11.3 Å². The Morgan fingerprint density at radius 3 is 2.78 bits per heavy atom. The van der Waals surface area contributed by atoms with E-state index in [4.69, 9.17) is 9.15 Å². The van der Waals surface area contributed by atoms with Crippen LogP contribution in [0, 0.1) is 0 Å². The summed E-state index contributed by atoms with van der Waals surface area (Å²) in [7, 11) is 0. The Labute approximate surface area is 190 Å². The van der Waals surface area contributed by atoms with Crippen molar-refractivity contribution >= 4 is 23.0 Å². The first-order valence-corrected chi connectivity index (χ1v) is 11.6. The molecular formula is C25H25NO5S. The number of nitrogens with zero attached hydrogens (tertiary/aromatic N) is 1. The Morgan fingerprint density at radius 1 is 1.19 bits per heavy atom. The standard InChI is InChI=1S/C25H25NO5S/c1-2-3-4-12-30-18-9-5-8-17(15-18)22-21(23(27)20-11-7-14-32-20)24(28)25(29)26(22)16-19-10-6-13-31-19/h5-11,13-15,22,28H,2-4,12,16H2,1H3. The number of ether oxygens (including phenoxy) is 1. The van der Waals surface area contributed by atoms with Crippen molar-refractivity contribution in [3.63, 3.8) is 0 Å². The number of unbranched alkanes of at least 4 members (excludes halogenated alkanes) is 2. The lowest BCUT2D eigenvalue weighted by Crippen LogP contribution is -2.30. The topological polar surface area (TPSA) is 80.0 Å². The van der Waals surface area contributed by atoms with Crippen molar-refractivity contribution in [3.05, 3.63) is 87.7 Å². The van der Waals surface area contributed by atoms with E-state index in [1.54, 1.807) is 29.6 Å². The van der Waals surface area contributed by atoms with Gasteiger partial charge in [-0.2, -0.15) is 0 Å². The van der Waals surface area contributed by atoms with Crippen molar-refractivity contribution in [2.75, 3.05) is 6.61 Å². The monoisotopic (exact) mass is 451 g/mol. The number of carbonyl (C=O) groups is 2. The molecule has 0 saturated heterocycles. The minimum Gasteiger partial charge on any atom is -0.503 e. The van der Waals surface area contributed by atoms with Crippen LogP contribution in [0.25, 0.3) is 0 Å². The predicted molar refractivity (Wildman–Crippen MR) is 122 cm³/mol. The molecule has 1 atom stereocenters. The first-order chi connectivity index (χ1) is 15.6. The lowest BCUT2D eigenvalue weighted by molar-refractivity contribution is -0.130. The molecule has 4 rings (SSSR count). The van der Waals surface area contributed by atoms with Gasteiger partial charge >= 0.3 is 0 Å². The lowest BCUT2D eigenvalue weighted by Gasteiger charge is -2.26. The minimum atomic E-state index is -0.749. The number of benzene rings is 1. The summed E-state index contributed by atoms with van der Waals surface area (Å²) in [5.74, 6) is -0.242. The largest absolute Gasteiger partial charge is 0.503 e. The Hall–Kier alpha value is -3.32. The number of hydrogen-bond acceptors (Lipinski definition) is 6. The van der Waals surface area contributed by atoms with Crippen LogP contribution >= 0.6 is 11.3 Å². The van der Waals surface area contributed by atoms with Crippen molar-refractivity contribution in [1.82, 2.24) is 4.90 Å². The molecule has 1 aliphatic heterocycles. The first-order valence-electron chi connectivity index (χ1n) is 10.7. The molecule has 0 fully saturated rings. The van der Waals surface area contributed by atoms with Gasteiger partial charge in [0, 0.05) is 0 Å². The number of Topliss-reactive ketones (excluding diaryl/α,β-unsaturated/α-hetero) is 1. The van der Waals surface area contributed by atoms with Gasteiger partial charge < -0.3 is 19.2 Å². The zero-order valence-electron chi connectivity index (χ0n) is 17.8. The van der Waals surface area contributed by atoms with Crippen molar-refractivity contribution < 1.29 is 23.8 Å². The predicted octanol–water partition coefficient (Wildman–Crippen LogP) is 5.69. The van der Waals surface area contributed by atoms with E-state index in [9.17, 15) is 14.7 Å². The molecule has 3 aromatic rings. The Kier molecular flexibility index (Phi) is 6.75. The van der Waals surface area contributed by atoms with Gasteiger partial charge in [0.2, 0.25) is 5.78 Å². The molecule has 6 nitrogen and oxygen atoms in total. The second-order valence-corrected chi connectivity index (χ2v) is 8.56. The number of hydrogen-bond donors (Lipinski definition) is 1.